The van der Waals surface area contributed by atoms with E-state index in [4.69, 9.17) is 23.3 Å². The van der Waals surface area contributed by atoms with Crippen molar-refractivity contribution in [1.82, 2.24) is 19.5 Å². The largest absolute Gasteiger partial charge is 0.414 e. The minimum atomic E-state index is -4.54. The Morgan fingerprint density at radius 3 is 1.94 bits per heavy atom. The zero-order valence-corrected chi connectivity index (χ0v) is 29.8. The van der Waals surface area contributed by atoms with Crippen LogP contribution in [-0.2, 0) is 37.8 Å². The third kappa shape index (κ3) is 7.20. The molecule has 0 amide bonds. The van der Waals surface area contributed by atoms with Crippen LogP contribution in [0.25, 0.3) is 11.2 Å². The fourth-order valence-corrected chi connectivity index (χ4v) is 7.93. The highest BCUT2D eigenvalue weighted by molar-refractivity contribution is 7.87. The maximum atomic E-state index is 13.7. The highest BCUT2D eigenvalue weighted by Gasteiger charge is 2.53. The average Bonchev–Trinajstić information content (AvgIpc) is 3.52. The summed E-state index contributed by atoms with van der Waals surface area (Å²) < 4.78 is 80.6. The normalized spacial score (nSPS) is 21.0. The van der Waals surface area contributed by atoms with E-state index in [9.17, 15) is 21.6 Å². The predicted octanol–water partition coefficient (Wildman–Crippen LogP) is 3.79. The van der Waals surface area contributed by atoms with Gasteiger partial charge in [0.1, 0.15) is 12.2 Å². The van der Waals surface area contributed by atoms with Gasteiger partial charge >= 0.3 is 0 Å². The molecule has 1 fully saturated rings. The number of benzene rings is 2. The summed E-state index contributed by atoms with van der Waals surface area (Å²) in [6.07, 6.45) is -4.53. The van der Waals surface area contributed by atoms with Gasteiger partial charge in [0, 0.05) is 0 Å². The summed E-state index contributed by atoms with van der Waals surface area (Å²) >= 11 is 0. The van der Waals surface area contributed by atoms with Gasteiger partial charge in [-0.1, -0.05) is 56.2 Å². The van der Waals surface area contributed by atoms with Crippen molar-refractivity contribution in [3.8, 4) is 0 Å². The van der Waals surface area contributed by atoms with Gasteiger partial charge in [-0.3, -0.25) is 22.7 Å². The molecule has 0 aliphatic carbocycles. The summed E-state index contributed by atoms with van der Waals surface area (Å²) in [7, 11) is -11.5. The Hall–Kier alpha value is -3.45. The molecule has 5 rings (SSSR count). The minimum Gasteiger partial charge on any atom is -0.414 e. The summed E-state index contributed by atoms with van der Waals surface area (Å²) in [5, 5.41) is -0.219. The number of aryl methyl sites for hydroxylation is 2. The maximum Gasteiger partial charge on any atom is 0.297 e. The van der Waals surface area contributed by atoms with Crippen LogP contribution in [0.5, 0.6) is 0 Å². The molecule has 4 atom stereocenters. The van der Waals surface area contributed by atoms with Crippen molar-refractivity contribution < 1.29 is 34.4 Å². The van der Waals surface area contributed by atoms with Crippen LogP contribution < -0.4 is 11.3 Å². The fraction of sp³-hybridized carbons (Fsp3) is 0.433. The van der Waals surface area contributed by atoms with Crippen molar-refractivity contribution in [2.24, 2.45) is 0 Å². The molecule has 3 heterocycles. The van der Waals surface area contributed by atoms with Crippen molar-refractivity contribution >= 4 is 45.7 Å². The van der Waals surface area contributed by atoms with Crippen LogP contribution in [0.1, 0.15) is 38.1 Å². The first-order valence-electron chi connectivity index (χ1n) is 14.8. The Labute approximate surface area is 274 Å². The van der Waals surface area contributed by atoms with Gasteiger partial charge in [-0.15, -0.1) is 0 Å². The number of nitrogens with one attached hydrogen (secondary N) is 1. The number of hydrogen-bond acceptors (Lipinski definition) is 12. The molecule has 0 unspecified atom stereocenters. The molecular formula is C30H39N5O9S2Si. The zero-order chi connectivity index (χ0) is 34.5. The molecule has 1 saturated heterocycles. The number of aromatic nitrogens is 4. The van der Waals surface area contributed by atoms with Gasteiger partial charge < -0.3 is 14.9 Å². The predicted molar refractivity (Wildman–Crippen MR) is 176 cm³/mol. The molecule has 47 heavy (non-hydrogen) atoms. The summed E-state index contributed by atoms with van der Waals surface area (Å²) in [5.74, 6) is -0.223. The van der Waals surface area contributed by atoms with Gasteiger partial charge in [0.05, 0.1) is 22.7 Å². The molecule has 0 bridgehead atoms. The lowest BCUT2D eigenvalue weighted by atomic mass is 10.1. The first-order chi connectivity index (χ1) is 21.8. The van der Waals surface area contributed by atoms with Crippen LogP contribution in [0.3, 0.4) is 0 Å². The lowest BCUT2D eigenvalue weighted by Gasteiger charge is -2.37. The van der Waals surface area contributed by atoms with Gasteiger partial charge in [-0.25, -0.2) is 4.98 Å². The summed E-state index contributed by atoms with van der Waals surface area (Å²) in [5.41, 5.74) is 6.70. The van der Waals surface area contributed by atoms with E-state index in [0.29, 0.717) is 0 Å². The third-order valence-corrected chi connectivity index (χ3v) is 15.7. The van der Waals surface area contributed by atoms with E-state index < -0.39 is 58.7 Å². The summed E-state index contributed by atoms with van der Waals surface area (Å²) in [6.45, 7) is 13.6. The van der Waals surface area contributed by atoms with Gasteiger partial charge in [0.15, 0.2) is 31.8 Å². The second kappa shape index (κ2) is 12.5. The van der Waals surface area contributed by atoms with Crippen molar-refractivity contribution in [1.29, 1.82) is 0 Å². The SMILES string of the molecule is Cc1ccc(S(=O)(=O)O[C@@H]2[C@H](OS(=O)(=O)c3ccc(C)cc3)[C@@H](CO[Si](C)(C)C(C)(C)C)O[C@H]2n2cnc3c(=O)[nH]c(N)nc32)cc1. The van der Waals surface area contributed by atoms with Crippen LogP contribution in [0, 0.1) is 13.8 Å². The lowest BCUT2D eigenvalue weighted by molar-refractivity contribution is -0.0445. The molecule has 2 aromatic carbocycles. The Kier molecular flexibility index (Phi) is 9.30. The fourth-order valence-electron chi connectivity index (χ4n) is 4.73. The highest BCUT2D eigenvalue weighted by Crippen LogP contribution is 2.41. The summed E-state index contributed by atoms with van der Waals surface area (Å²) in [6, 6.07) is 12.0. The van der Waals surface area contributed by atoms with E-state index in [2.05, 4.69) is 15.0 Å². The smallest absolute Gasteiger partial charge is 0.297 e. The molecule has 14 nitrogen and oxygen atoms in total. The van der Waals surface area contributed by atoms with Gasteiger partial charge in [-0.05, 0) is 56.2 Å². The van der Waals surface area contributed by atoms with E-state index in [1.54, 1.807) is 31.2 Å². The number of rotatable bonds is 10. The number of anilines is 1. The van der Waals surface area contributed by atoms with Crippen molar-refractivity contribution in [2.75, 3.05) is 12.3 Å². The van der Waals surface area contributed by atoms with Crippen molar-refractivity contribution in [3.05, 3.63) is 76.3 Å². The number of ether oxygens (including phenoxy) is 1. The summed E-state index contributed by atoms with van der Waals surface area (Å²) in [4.78, 5) is 23.0. The molecule has 0 radical (unpaired) electrons. The molecule has 1 aliphatic heterocycles. The monoisotopic (exact) mass is 705 g/mol. The third-order valence-electron chi connectivity index (χ3n) is 8.52. The van der Waals surface area contributed by atoms with Crippen LogP contribution in [0.2, 0.25) is 18.1 Å². The quantitative estimate of drug-likeness (QED) is 0.179. The number of nitrogens with two attached hydrogens (primary N) is 1. The molecule has 2 aromatic heterocycles. The van der Waals surface area contributed by atoms with E-state index >= 15 is 0 Å². The van der Waals surface area contributed by atoms with Crippen LogP contribution in [0.4, 0.5) is 5.95 Å². The number of imidazole rings is 1. The molecule has 3 N–H and O–H groups in total. The number of fused-ring (bicyclic) bond motifs is 1. The van der Waals surface area contributed by atoms with Gasteiger partial charge in [0.2, 0.25) is 5.95 Å². The van der Waals surface area contributed by atoms with E-state index in [1.807, 2.05) is 40.8 Å². The number of hydrogen-bond donors (Lipinski definition) is 2. The standard InChI is InChI=1S/C30H39N5O9S2Si/c1-18-8-12-20(13-9-18)45(37,38)43-24-22(16-41-47(6,7)30(3,4)5)42-28(35-17-32-23-26(35)33-29(31)34-27(23)36)25(24)44-46(39,40)21-14-10-19(2)11-15-21/h8-15,17,22,24-25,28H,16H2,1-7H3,(H3,31,33,34,36)/t22-,24-,25-,28-/m1/s1. The topological polar surface area (TPSA) is 195 Å². The molecule has 254 valence electrons. The molecule has 0 saturated carbocycles. The van der Waals surface area contributed by atoms with Gasteiger partial charge in [0.25, 0.3) is 25.8 Å². The van der Waals surface area contributed by atoms with E-state index in [-0.39, 0.29) is 38.5 Å². The Balaban J connectivity index is 1.65. The molecule has 0 spiro atoms. The molecular weight excluding hydrogens is 667 g/mol. The van der Waals surface area contributed by atoms with Crippen molar-refractivity contribution in [3.63, 3.8) is 0 Å². The van der Waals surface area contributed by atoms with Crippen LogP contribution in [-0.4, -0.2) is 69.6 Å². The second-order valence-electron chi connectivity index (χ2n) is 13.1. The van der Waals surface area contributed by atoms with E-state index in [0.717, 1.165) is 11.1 Å². The van der Waals surface area contributed by atoms with Gasteiger partial charge in [-0.2, -0.15) is 21.8 Å². The highest BCUT2D eigenvalue weighted by atomic mass is 32.2. The first kappa shape index (κ1) is 34.9. The Morgan fingerprint density at radius 1 is 0.915 bits per heavy atom. The maximum absolute atomic E-state index is 13.7. The lowest BCUT2D eigenvalue weighted by Crippen LogP contribution is -2.46. The molecule has 17 heteroatoms. The first-order valence-corrected chi connectivity index (χ1v) is 20.5. The Bertz CT molecular complexity index is 2040. The van der Waals surface area contributed by atoms with Crippen LogP contribution >= 0.6 is 0 Å². The number of nitrogens with zero attached hydrogens (tertiary/aromatic N) is 3. The molecule has 4 aromatic rings. The molecule has 1 aliphatic rings. The average molecular weight is 706 g/mol. The van der Waals surface area contributed by atoms with E-state index in [1.165, 1.54) is 35.2 Å². The second-order valence-corrected chi connectivity index (χ2v) is 21.0. The van der Waals surface area contributed by atoms with Crippen molar-refractivity contribution in [2.45, 2.75) is 87.1 Å². The zero-order valence-electron chi connectivity index (χ0n) is 27.1. The Morgan fingerprint density at radius 2 is 1.43 bits per heavy atom. The van der Waals surface area contributed by atoms with Crippen LogP contribution in [0.15, 0.2) is 69.4 Å². The minimum absolute atomic E-state index is 0.0382. The number of H-pyrrole nitrogens is 1. The number of nitrogen functional groups attached to an aromatic ring is 1. The number of aromatic amines is 1.